The lowest BCUT2D eigenvalue weighted by atomic mass is 9.98. The summed E-state index contributed by atoms with van der Waals surface area (Å²) in [6, 6.07) is 18.7. The quantitative estimate of drug-likeness (QED) is 0.571. The fourth-order valence-electron chi connectivity index (χ4n) is 3.13. The lowest BCUT2D eigenvalue weighted by Gasteiger charge is -2.09. The van der Waals surface area contributed by atoms with Crippen LogP contribution < -0.4 is 5.14 Å². The standard InChI is InChI=1S/C21H20N4O2S/c1-14(2)16-4-3-5-17(12-16)18-8-11-20-23-24-21(25(20)13-18)15-6-9-19(10-7-15)28(22,26)27/h3-14H,1-2H3,(H2,22,26,27). The van der Waals surface area contributed by atoms with Crippen molar-refractivity contribution >= 4 is 15.7 Å². The molecule has 6 nitrogen and oxygen atoms in total. The highest BCUT2D eigenvalue weighted by molar-refractivity contribution is 7.89. The molecule has 7 heteroatoms. The number of aromatic nitrogens is 3. The van der Waals surface area contributed by atoms with Crippen molar-refractivity contribution in [3.05, 3.63) is 72.4 Å². The Labute approximate surface area is 163 Å². The third kappa shape index (κ3) is 3.42. The number of hydrogen-bond donors (Lipinski definition) is 1. The van der Waals surface area contributed by atoms with E-state index in [1.165, 1.54) is 17.7 Å². The first kappa shape index (κ1) is 18.3. The smallest absolute Gasteiger partial charge is 0.238 e. The summed E-state index contributed by atoms with van der Waals surface area (Å²) in [5.74, 6) is 1.09. The van der Waals surface area contributed by atoms with Gasteiger partial charge >= 0.3 is 0 Å². The van der Waals surface area contributed by atoms with E-state index < -0.39 is 10.0 Å². The molecular formula is C21H20N4O2S. The van der Waals surface area contributed by atoms with E-state index in [4.69, 9.17) is 5.14 Å². The molecule has 2 aromatic carbocycles. The van der Waals surface area contributed by atoms with Gasteiger partial charge in [0, 0.05) is 11.8 Å². The van der Waals surface area contributed by atoms with Crippen LogP contribution in [0.3, 0.4) is 0 Å². The maximum absolute atomic E-state index is 11.5. The van der Waals surface area contributed by atoms with Crippen LogP contribution in [0.4, 0.5) is 0 Å². The monoisotopic (exact) mass is 392 g/mol. The number of primary sulfonamides is 1. The zero-order valence-corrected chi connectivity index (χ0v) is 16.4. The topological polar surface area (TPSA) is 90.3 Å². The molecule has 4 rings (SSSR count). The normalized spacial score (nSPS) is 12.0. The van der Waals surface area contributed by atoms with Crippen molar-refractivity contribution < 1.29 is 8.42 Å². The summed E-state index contributed by atoms with van der Waals surface area (Å²) < 4.78 is 24.8. The van der Waals surface area contributed by atoms with Gasteiger partial charge in [-0.1, -0.05) is 38.1 Å². The van der Waals surface area contributed by atoms with Gasteiger partial charge in [-0.3, -0.25) is 4.40 Å². The summed E-state index contributed by atoms with van der Waals surface area (Å²) in [6.45, 7) is 4.34. The van der Waals surface area contributed by atoms with Crippen molar-refractivity contribution in [3.8, 4) is 22.5 Å². The Bertz CT molecular complexity index is 1260. The first-order valence-corrected chi connectivity index (χ1v) is 10.5. The largest absolute Gasteiger partial charge is 0.282 e. The van der Waals surface area contributed by atoms with Crippen molar-refractivity contribution in [1.29, 1.82) is 0 Å². The van der Waals surface area contributed by atoms with Crippen LogP contribution in [0.15, 0.2) is 71.8 Å². The average molecular weight is 392 g/mol. The third-order valence-corrected chi connectivity index (χ3v) is 5.66. The molecule has 0 saturated carbocycles. The number of hydrogen-bond acceptors (Lipinski definition) is 4. The summed E-state index contributed by atoms with van der Waals surface area (Å²) in [5.41, 5.74) is 4.93. The van der Waals surface area contributed by atoms with Crippen LogP contribution in [0.1, 0.15) is 25.3 Å². The highest BCUT2D eigenvalue weighted by Crippen LogP contribution is 2.26. The molecule has 28 heavy (non-hydrogen) atoms. The van der Waals surface area contributed by atoms with Crippen LogP contribution in [0, 0.1) is 0 Å². The van der Waals surface area contributed by atoms with Crippen molar-refractivity contribution in [2.24, 2.45) is 5.14 Å². The number of rotatable bonds is 4. The second kappa shape index (κ2) is 6.85. The van der Waals surface area contributed by atoms with E-state index in [1.54, 1.807) is 12.1 Å². The summed E-state index contributed by atoms with van der Waals surface area (Å²) >= 11 is 0. The Morgan fingerprint density at radius 2 is 1.61 bits per heavy atom. The highest BCUT2D eigenvalue weighted by atomic mass is 32.2. The maximum atomic E-state index is 11.5. The average Bonchev–Trinajstić information content (AvgIpc) is 3.10. The maximum Gasteiger partial charge on any atom is 0.238 e. The van der Waals surface area contributed by atoms with Crippen molar-refractivity contribution in [1.82, 2.24) is 14.6 Å². The Morgan fingerprint density at radius 3 is 2.29 bits per heavy atom. The van der Waals surface area contributed by atoms with Crippen LogP contribution >= 0.6 is 0 Å². The van der Waals surface area contributed by atoms with Crippen molar-refractivity contribution in [2.45, 2.75) is 24.7 Å². The van der Waals surface area contributed by atoms with Crippen LogP contribution in [-0.2, 0) is 10.0 Å². The number of fused-ring (bicyclic) bond motifs is 1. The Hall–Kier alpha value is -3.03. The fraction of sp³-hybridized carbons (Fsp3) is 0.143. The molecule has 0 atom stereocenters. The minimum absolute atomic E-state index is 0.0660. The number of benzene rings is 2. The molecule has 2 aromatic heterocycles. The lowest BCUT2D eigenvalue weighted by molar-refractivity contribution is 0.598. The van der Waals surface area contributed by atoms with Gasteiger partial charge in [-0.15, -0.1) is 10.2 Å². The molecule has 0 aliphatic heterocycles. The molecule has 2 heterocycles. The van der Waals surface area contributed by atoms with Gasteiger partial charge in [0.2, 0.25) is 10.0 Å². The molecule has 4 aromatic rings. The van der Waals surface area contributed by atoms with Gasteiger partial charge in [0.05, 0.1) is 4.90 Å². The van der Waals surface area contributed by atoms with Crippen molar-refractivity contribution in [3.63, 3.8) is 0 Å². The first-order valence-electron chi connectivity index (χ1n) is 8.91. The molecule has 142 valence electrons. The van der Waals surface area contributed by atoms with Gasteiger partial charge in [0.15, 0.2) is 11.5 Å². The van der Waals surface area contributed by atoms with Gasteiger partial charge in [-0.2, -0.15) is 0 Å². The molecular weight excluding hydrogens is 372 g/mol. The third-order valence-electron chi connectivity index (χ3n) is 4.73. The zero-order valence-electron chi connectivity index (χ0n) is 15.6. The minimum atomic E-state index is -3.73. The molecule has 0 aliphatic carbocycles. The molecule has 0 saturated heterocycles. The lowest BCUT2D eigenvalue weighted by Crippen LogP contribution is -2.11. The summed E-state index contributed by atoms with van der Waals surface area (Å²) in [7, 11) is -3.73. The molecule has 2 N–H and O–H groups in total. The predicted octanol–water partition coefficient (Wildman–Crippen LogP) is 3.83. The zero-order chi connectivity index (χ0) is 19.9. The summed E-state index contributed by atoms with van der Waals surface area (Å²) in [6.07, 6.45) is 2.00. The van der Waals surface area contributed by atoms with Crippen molar-refractivity contribution in [2.75, 3.05) is 0 Å². The van der Waals surface area contributed by atoms with Crippen LogP contribution in [-0.4, -0.2) is 23.0 Å². The predicted molar refractivity (Wildman–Crippen MR) is 109 cm³/mol. The van der Waals surface area contributed by atoms with E-state index in [9.17, 15) is 8.42 Å². The molecule has 0 spiro atoms. The second-order valence-corrected chi connectivity index (χ2v) is 8.58. The molecule has 0 unspecified atom stereocenters. The van der Waals surface area contributed by atoms with Gasteiger partial charge in [0.1, 0.15) is 0 Å². The van der Waals surface area contributed by atoms with E-state index in [1.807, 2.05) is 22.7 Å². The minimum Gasteiger partial charge on any atom is -0.282 e. The van der Waals surface area contributed by atoms with Crippen LogP contribution in [0.2, 0.25) is 0 Å². The van der Waals surface area contributed by atoms with Gasteiger partial charge < -0.3 is 0 Å². The molecule has 0 aliphatic rings. The summed E-state index contributed by atoms with van der Waals surface area (Å²) in [5, 5.41) is 13.7. The Morgan fingerprint density at radius 1 is 0.893 bits per heavy atom. The van der Waals surface area contributed by atoms with E-state index in [-0.39, 0.29) is 4.90 Å². The molecule has 0 radical (unpaired) electrons. The number of pyridine rings is 1. The van der Waals surface area contributed by atoms with E-state index in [0.717, 1.165) is 16.7 Å². The Balaban J connectivity index is 1.80. The highest BCUT2D eigenvalue weighted by Gasteiger charge is 2.12. The van der Waals surface area contributed by atoms with Gasteiger partial charge in [0.25, 0.3) is 0 Å². The van der Waals surface area contributed by atoms with E-state index in [0.29, 0.717) is 17.4 Å². The number of sulfonamides is 1. The summed E-state index contributed by atoms with van der Waals surface area (Å²) in [4.78, 5) is 0.0660. The van der Waals surface area contributed by atoms with E-state index in [2.05, 4.69) is 48.3 Å². The first-order chi connectivity index (χ1) is 13.3. The van der Waals surface area contributed by atoms with Gasteiger partial charge in [-0.25, -0.2) is 13.6 Å². The molecule has 0 amide bonds. The molecule has 0 fully saturated rings. The number of nitrogens with zero attached hydrogens (tertiary/aromatic N) is 3. The van der Waals surface area contributed by atoms with E-state index >= 15 is 0 Å². The molecule has 0 bridgehead atoms. The second-order valence-electron chi connectivity index (χ2n) is 7.02. The van der Waals surface area contributed by atoms with Crippen LogP contribution in [0.25, 0.3) is 28.2 Å². The SMILES string of the molecule is CC(C)c1cccc(-c2ccc3nnc(-c4ccc(S(N)(=O)=O)cc4)n3c2)c1. The fourth-order valence-corrected chi connectivity index (χ4v) is 3.64. The van der Waals surface area contributed by atoms with Gasteiger partial charge in [-0.05, 0) is 59.0 Å². The Kier molecular flexibility index (Phi) is 4.49. The van der Waals surface area contributed by atoms with Crippen LogP contribution in [0.5, 0.6) is 0 Å². The number of nitrogens with two attached hydrogens (primary N) is 1.